The Kier molecular flexibility index (Phi) is 7.42. The summed E-state index contributed by atoms with van der Waals surface area (Å²) in [6, 6.07) is 12.5. The van der Waals surface area contributed by atoms with Crippen LogP contribution in [0.1, 0.15) is 24.8 Å². The van der Waals surface area contributed by atoms with Gasteiger partial charge in [0.15, 0.2) is 5.01 Å². The van der Waals surface area contributed by atoms with Crippen molar-refractivity contribution >= 4 is 40.1 Å². The molecule has 0 bridgehead atoms. The third-order valence-electron chi connectivity index (χ3n) is 5.37. The van der Waals surface area contributed by atoms with Crippen molar-refractivity contribution in [2.24, 2.45) is 0 Å². The van der Waals surface area contributed by atoms with Crippen molar-refractivity contribution < 1.29 is 14.3 Å². The first-order chi connectivity index (χ1) is 17.0. The lowest BCUT2D eigenvalue weighted by Gasteiger charge is -2.30. The highest BCUT2D eigenvalue weighted by Gasteiger charge is 2.27. The molecule has 180 valence electrons. The van der Waals surface area contributed by atoms with Crippen molar-refractivity contribution in [2.75, 3.05) is 42.0 Å². The largest absolute Gasteiger partial charge is 0.448 e. The fourth-order valence-electron chi connectivity index (χ4n) is 3.66. The number of terminal acetylenes is 1. The quantitative estimate of drug-likeness (QED) is 0.421. The molecule has 2 aromatic heterocycles. The maximum Gasteiger partial charge on any atom is 0.433 e. The molecule has 1 aliphatic rings. The van der Waals surface area contributed by atoms with E-state index in [1.165, 1.54) is 19.9 Å². The van der Waals surface area contributed by atoms with E-state index in [1.807, 2.05) is 30.3 Å². The van der Waals surface area contributed by atoms with E-state index in [2.05, 4.69) is 26.3 Å². The molecule has 3 amide bonds. The first kappa shape index (κ1) is 24.0. The summed E-state index contributed by atoms with van der Waals surface area (Å²) in [4.78, 5) is 32.7. The van der Waals surface area contributed by atoms with Crippen molar-refractivity contribution in [1.82, 2.24) is 20.2 Å². The highest BCUT2D eigenvalue weighted by Crippen LogP contribution is 2.26. The number of hydrazine groups is 1. The number of pyridine rings is 1. The average Bonchev–Trinajstić information content (AvgIpc) is 3.57. The molecule has 0 spiro atoms. The number of anilines is 3. The zero-order chi connectivity index (χ0) is 24.8. The highest BCUT2D eigenvalue weighted by molar-refractivity contribution is 7.15. The molecule has 1 saturated heterocycles. The molecule has 4 rings (SSSR count). The van der Waals surface area contributed by atoms with Crippen LogP contribution in [-0.4, -0.2) is 59.1 Å². The molecule has 1 aromatic carbocycles. The fraction of sp³-hybridized carbons (Fsp3) is 0.292. The number of aromatic nitrogens is 3. The van der Waals surface area contributed by atoms with Crippen LogP contribution < -0.4 is 15.2 Å². The molecule has 35 heavy (non-hydrogen) atoms. The Bertz CT molecular complexity index is 1230. The lowest BCUT2D eigenvalue weighted by Crippen LogP contribution is -2.49. The number of hydrogen-bond acceptors (Lipinski definition) is 8. The number of nitrogens with one attached hydrogen (secondary N) is 1. The number of hydrogen-bond donors (Lipinski definition) is 1. The summed E-state index contributed by atoms with van der Waals surface area (Å²) in [5.74, 6) is 3.32. The van der Waals surface area contributed by atoms with Crippen LogP contribution in [0.4, 0.5) is 26.2 Å². The molecule has 11 heteroatoms. The molecule has 3 heterocycles. The summed E-state index contributed by atoms with van der Waals surface area (Å²) in [6.45, 7) is 3.87. The Hall–Kier alpha value is -4.17. The first-order valence-corrected chi connectivity index (χ1v) is 12.0. The maximum absolute atomic E-state index is 12.8. The van der Waals surface area contributed by atoms with Gasteiger partial charge in [0, 0.05) is 25.7 Å². The summed E-state index contributed by atoms with van der Waals surface area (Å²) in [6.07, 6.45) is 6.96. The van der Waals surface area contributed by atoms with Gasteiger partial charge in [0.05, 0.1) is 18.0 Å². The zero-order valence-electron chi connectivity index (χ0n) is 19.5. The molecular formula is C24H25N7O3S. The predicted molar refractivity (Wildman–Crippen MR) is 135 cm³/mol. The molecule has 0 unspecified atom stereocenters. The third-order valence-corrected chi connectivity index (χ3v) is 6.14. The number of nitrogens with zero attached hydrogens (tertiary/aromatic N) is 6. The summed E-state index contributed by atoms with van der Waals surface area (Å²) in [7, 11) is 1.45. The van der Waals surface area contributed by atoms with Crippen LogP contribution in [0, 0.1) is 12.3 Å². The Morgan fingerprint density at radius 2 is 1.91 bits per heavy atom. The van der Waals surface area contributed by atoms with Crippen LogP contribution in [0.5, 0.6) is 0 Å². The zero-order valence-corrected chi connectivity index (χ0v) is 20.3. The second-order valence-corrected chi connectivity index (χ2v) is 8.62. The maximum atomic E-state index is 12.8. The van der Waals surface area contributed by atoms with E-state index < -0.39 is 12.1 Å². The monoisotopic (exact) mass is 491 g/mol. The molecule has 1 aliphatic heterocycles. The molecule has 10 nitrogen and oxygen atoms in total. The van der Waals surface area contributed by atoms with Crippen molar-refractivity contribution in [1.29, 1.82) is 0 Å². The van der Waals surface area contributed by atoms with E-state index in [0.29, 0.717) is 10.7 Å². The number of ether oxygens (including phenoxy) is 1. The van der Waals surface area contributed by atoms with Crippen LogP contribution in [0.3, 0.4) is 0 Å². The van der Waals surface area contributed by atoms with Gasteiger partial charge in [-0.25, -0.2) is 19.6 Å². The number of carbonyl (C=O) groups is 2. The summed E-state index contributed by atoms with van der Waals surface area (Å²) in [5.41, 5.74) is 2.17. The van der Waals surface area contributed by atoms with E-state index >= 15 is 0 Å². The van der Waals surface area contributed by atoms with Crippen LogP contribution >= 0.6 is 11.3 Å². The fourth-order valence-corrected chi connectivity index (χ4v) is 4.20. The minimum Gasteiger partial charge on any atom is -0.448 e. The molecule has 0 aliphatic carbocycles. The van der Waals surface area contributed by atoms with Crippen molar-refractivity contribution in [3.63, 3.8) is 0 Å². The van der Waals surface area contributed by atoms with E-state index in [-0.39, 0.29) is 11.7 Å². The smallest absolute Gasteiger partial charge is 0.433 e. The third kappa shape index (κ3) is 5.50. The molecule has 0 atom stereocenters. The van der Waals surface area contributed by atoms with Crippen molar-refractivity contribution in [2.45, 2.75) is 19.8 Å². The molecule has 1 N–H and O–H groups in total. The molecule has 0 saturated carbocycles. The van der Waals surface area contributed by atoms with Crippen LogP contribution in [0.2, 0.25) is 0 Å². The molecule has 1 fully saturated rings. The number of benzene rings is 1. The summed E-state index contributed by atoms with van der Waals surface area (Å²) < 4.78 is 5.18. The predicted octanol–water partition coefficient (Wildman–Crippen LogP) is 4.22. The van der Waals surface area contributed by atoms with Crippen LogP contribution in [0.15, 0.2) is 42.5 Å². The van der Waals surface area contributed by atoms with Gasteiger partial charge < -0.3 is 9.64 Å². The van der Waals surface area contributed by atoms with E-state index in [9.17, 15) is 9.59 Å². The Morgan fingerprint density at radius 3 is 2.57 bits per heavy atom. The Morgan fingerprint density at radius 1 is 1.17 bits per heavy atom. The normalized spacial score (nSPS) is 12.7. The van der Waals surface area contributed by atoms with Gasteiger partial charge in [0.1, 0.15) is 5.82 Å². The summed E-state index contributed by atoms with van der Waals surface area (Å²) in [5, 5.41) is 13.0. The second-order valence-electron chi connectivity index (χ2n) is 7.64. The van der Waals surface area contributed by atoms with E-state index in [4.69, 9.17) is 16.1 Å². The standard InChI is InChI=1S/C24H25N7O3S/c1-4-21-27-28-22(35-21)26-23(32)29(3)31(24(33)34-5-2)18-13-11-17(12-14-18)19-9-8-10-20(25-19)30-15-6-7-16-30/h1,8-14H,5-7,15-16H2,2-3H3,(H,26,28,32). The van der Waals surface area contributed by atoms with Gasteiger partial charge in [-0.3, -0.25) is 5.32 Å². The van der Waals surface area contributed by atoms with Crippen LogP contribution in [-0.2, 0) is 4.74 Å². The van der Waals surface area contributed by atoms with Gasteiger partial charge in [-0.2, -0.15) is 5.01 Å². The van der Waals surface area contributed by atoms with Gasteiger partial charge in [-0.05, 0) is 50.0 Å². The number of amides is 3. The van der Waals surface area contributed by atoms with Gasteiger partial charge in [-0.1, -0.05) is 29.5 Å². The lowest BCUT2D eigenvalue weighted by atomic mass is 10.1. The lowest BCUT2D eigenvalue weighted by molar-refractivity contribution is 0.143. The number of rotatable bonds is 5. The SMILES string of the molecule is C#Cc1nnc(NC(=O)N(C)N(C(=O)OCC)c2ccc(-c3cccc(N4CCCC4)n3)cc2)s1. The summed E-state index contributed by atoms with van der Waals surface area (Å²) >= 11 is 1.05. The van der Waals surface area contributed by atoms with Gasteiger partial charge in [0.2, 0.25) is 5.13 Å². The van der Waals surface area contributed by atoms with Gasteiger partial charge in [0.25, 0.3) is 0 Å². The van der Waals surface area contributed by atoms with Crippen LogP contribution in [0.25, 0.3) is 11.3 Å². The molecule has 0 radical (unpaired) electrons. The Labute approximate surface area is 207 Å². The van der Waals surface area contributed by atoms with Crippen molar-refractivity contribution in [3.8, 4) is 23.6 Å². The van der Waals surface area contributed by atoms with E-state index in [0.717, 1.165) is 51.5 Å². The number of urea groups is 1. The topological polar surface area (TPSA) is 104 Å². The Balaban J connectivity index is 1.55. The first-order valence-electron chi connectivity index (χ1n) is 11.1. The van der Waals surface area contributed by atoms with E-state index in [1.54, 1.807) is 19.1 Å². The second kappa shape index (κ2) is 10.8. The highest BCUT2D eigenvalue weighted by atomic mass is 32.1. The number of carbonyl (C=O) groups excluding carboxylic acids is 2. The minimum atomic E-state index is -0.700. The van der Waals surface area contributed by atoms with Gasteiger partial charge >= 0.3 is 12.1 Å². The minimum absolute atomic E-state index is 0.151. The average molecular weight is 492 g/mol. The van der Waals surface area contributed by atoms with Gasteiger partial charge in [-0.15, -0.1) is 16.6 Å². The van der Waals surface area contributed by atoms with Crippen molar-refractivity contribution in [3.05, 3.63) is 47.5 Å². The molecular weight excluding hydrogens is 466 g/mol. The molecule has 3 aromatic rings.